The summed E-state index contributed by atoms with van der Waals surface area (Å²) in [5, 5.41) is 7.51. The molecule has 0 saturated carbocycles. The molecule has 2 heterocycles. The van der Waals surface area contributed by atoms with Crippen molar-refractivity contribution in [2.75, 3.05) is 0 Å². The molecule has 4 rings (SSSR count). The first kappa shape index (κ1) is 13.8. The van der Waals surface area contributed by atoms with Crippen molar-refractivity contribution in [1.29, 1.82) is 0 Å². The van der Waals surface area contributed by atoms with Gasteiger partial charge in [-0.15, -0.1) is 5.10 Å². The Morgan fingerprint density at radius 2 is 1.78 bits per heavy atom. The minimum Gasteiger partial charge on any atom is -0.272 e. The maximum Gasteiger partial charge on any atom is 0.349 e. The van der Waals surface area contributed by atoms with Crippen LogP contribution in [0.25, 0.3) is 16.7 Å². The second-order valence-corrected chi connectivity index (χ2v) is 5.64. The van der Waals surface area contributed by atoms with Gasteiger partial charge in [0, 0.05) is 5.02 Å². The van der Waals surface area contributed by atoms with E-state index in [-0.39, 0.29) is 17.0 Å². The monoisotopic (exact) mass is 326 g/mol. The van der Waals surface area contributed by atoms with Crippen LogP contribution in [0.2, 0.25) is 5.02 Å². The van der Waals surface area contributed by atoms with Gasteiger partial charge in [-0.05, 0) is 29.8 Å². The average Bonchev–Trinajstić information content (AvgIpc) is 2.95. The predicted octanol–water partition coefficient (Wildman–Crippen LogP) is 2.04. The lowest BCUT2D eigenvalue weighted by Gasteiger charge is -2.09. The third-order valence-corrected chi connectivity index (χ3v) is 4.02. The second-order valence-electron chi connectivity index (χ2n) is 5.20. The van der Waals surface area contributed by atoms with E-state index in [4.69, 9.17) is 11.6 Å². The van der Waals surface area contributed by atoms with Gasteiger partial charge in [0.2, 0.25) is 5.78 Å². The maximum atomic E-state index is 12.8. The van der Waals surface area contributed by atoms with E-state index in [0.717, 1.165) is 5.56 Å². The Hall–Kier alpha value is -2.86. The van der Waals surface area contributed by atoms with Gasteiger partial charge in [0.1, 0.15) is 0 Å². The number of hydrogen-bond donors (Lipinski definition) is 1. The number of halogens is 1. The average molecular weight is 327 g/mol. The first-order valence-corrected chi connectivity index (χ1v) is 7.36. The van der Waals surface area contributed by atoms with E-state index >= 15 is 0 Å². The Bertz CT molecular complexity index is 1140. The summed E-state index contributed by atoms with van der Waals surface area (Å²) in [5.41, 5.74) is 0.867. The molecule has 0 aliphatic heterocycles. The molecule has 0 atom stereocenters. The molecule has 0 aliphatic carbocycles. The van der Waals surface area contributed by atoms with Gasteiger partial charge in [-0.3, -0.25) is 9.36 Å². The fraction of sp³-hybridized carbons (Fsp3) is 0.0625. The van der Waals surface area contributed by atoms with Crippen LogP contribution >= 0.6 is 11.6 Å². The summed E-state index contributed by atoms with van der Waals surface area (Å²) in [6, 6.07) is 14.2. The van der Waals surface area contributed by atoms with Crippen molar-refractivity contribution in [2.45, 2.75) is 6.54 Å². The summed E-state index contributed by atoms with van der Waals surface area (Å²) < 4.78 is 2.89. The lowest BCUT2D eigenvalue weighted by atomic mass is 10.2. The van der Waals surface area contributed by atoms with E-state index in [9.17, 15) is 9.59 Å². The van der Waals surface area contributed by atoms with Gasteiger partial charge in [-0.1, -0.05) is 35.9 Å². The van der Waals surface area contributed by atoms with Crippen LogP contribution in [0.4, 0.5) is 0 Å². The van der Waals surface area contributed by atoms with Crippen LogP contribution in [0.3, 0.4) is 0 Å². The molecular weight excluding hydrogens is 316 g/mol. The quantitative estimate of drug-likeness (QED) is 0.612. The molecule has 0 aliphatic rings. The topological polar surface area (TPSA) is 72.2 Å². The molecule has 2 aromatic carbocycles. The zero-order chi connectivity index (χ0) is 16.0. The normalized spacial score (nSPS) is 11.3. The van der Waals surface area contributed by atoms with E-state index in [0.29, 0.717) is 22.5 Å². The summed E-state index contributed by atoms with van der Waals surface area (Å²) >= 11 is 5.89. The fourth-order valence-corrected chi connectivity index (χ4v) is 2.81. The first-order chi connectivity index (χ1) is 11.1. The number of nitrogens with one attached hydrogen (secondary N) is 1. The van der Waals surface area contributed by atoms with Crippen LogP contribution in [0.5, 0.6) is 0 Å². The maximum absolute atomic E-state index is 12.8. The second kappa shape index (κ2) is 5.10. The highest BCUT2D eigenvalue weighted by molar-refractivity contribution is 6.30. The Labute approximate surface area is 134 Å². The van der Waals surface area contributed by atoms with Crippen LogP contribution in [-0.2, 0) is 6.54 Å². The Morgan fingerprint density at radius 3 is 2.57 bits per heavy atom. The summed E-state index contributed by atoms with van der Waals surface area (Å²) in [4.78, 5) is 24.9. The number of fused-ring (bicyclic) bond motifs is 3. The van der Waals surface area contributed by atoms with Gasteiger partial charge in [-0.25, -0.2) is 14.3 Å². The molecule has 4 aromatic rings. The number of nitrogens with zero attached hydrogens (tertiary/aromatic N) is 3. The molecular formula is C16H11ClN4O2. The summed E-state index contributed by atoms with van der Waals surface area (Å²) in [5.74, 6) is 0.286. The van der Waals surface area contributed by atoms with E-state index in [1.165, 1.54) is 8.97 Å². The number of para-hydroxylation sites is 1. The van der Waals surface area contributed by atoms with Gasteiger partial charge in [0.15, 0.2) is 0 Å². The smallest absolute Gasteiger partial charge is 0.272 e. The zero-order valence-corrected chi connectivity index (χ0v) is 12.6. The third kappa shape index (κ3) is 2.15. The van der Waals surface area contributed by atoms with Gasteiger partial charge in [0.05, 0.1) is 17.4 Å². The number of rotatable bonds is 2. The van der Waals surface area contributed by atoms with E-state index < -0.39 is 0 Å². The molecule has 23 heavy (non-hydrogen) atoms. The summed E-state index contributed by atoms with van der Waals surface area (Å²) in [6.45, 7) is 0.300. The minimum absolute atomic E-state index is 0.193. The molecule has 0 radical (unpaired) electrons. The Balaban J connectivity index is 2.05. The van der Waals surface area contributed by atoms with Crippen LogP contribution in [0.1, 0.15) is 5.56 Å². The largest absolute Gasteiger partial charge is 0.349 e. The number of H-pyrrole nitrogens is 1. The molecule has 0 saturated heterocycles. The molecule has 2 aromatic heterocycles. The van der Waals surface area contributed by atoms with E-state index in [1.54, 1.807) is 36.4 Å². The SMILES string of the molecule is O=c1c2ccccc2n2c(=O)[nH]nc2n1Cc1ccc(Cl)cc1. The lowest BCUT2D eigenvalue weighted by Crippen LogP contribution is -2.25. The van der Waals surface area contributed by atoms with Crippen molar-refractivity contribution in [3.05, 3.63) is 80.0 Å². The van der Waals surface area contributed by atoms with Gasteiger partial charge < -0.3 is 0 Å². The van der Waals surface area contributed by atoms with Crippen molar-refractivity contribution in [3.63, 3.8) is 0 Å². The Kier molecular flexibility index (Phi) is 3.06. The standard InChI is InChI=1S/C16H11ClN4O2/c17-11-7-5-10(6-8-11)9-20-14(22)12-3-1-2-4-13(12)21-15(20)18-19-16(21)23/h1-8H,9H2,(H,19,23). The van der Waals surface area contributed by atoms with Crippen molar-refractivity contribution >= 4 is 28.3 Å². The van der Waals surface area contributed by atoms with Gasteiger partial charge in [-0.2, -0.15) is 0 Å². The molecule has 0 amide bonds. The number of benzene rings is 2. The van der Waals surface area contributed by atoms with Gasteiger partial charge >= 0.3 is 5.69 Å². The summed E-state index contributed by atoms with van der Waals surface area (Å²) in [6.07, 6.45) is 0. The molecule has 1 N–H and O–H groups in total. The highest BCUT2D eigenvalue weighted by Gasteiger charge is 2.14. The molecule has 6 nitrogen and oxygen atoms in total. The third-order valence-electron chi connectivity index (χ3n) is 3.77. The zero-order valence-electron chi connectivity index (χ0n) is 11.9. The van der Waals surface area contributed by atoms with Crippen molar-refractivity contribution in [1.82, 2.24) is 19.2 Å². The van der Waals surface area contributed by atoms with Crippen molar-refractivity contribution < 1.29 is 0 Å². The molecule has 0 fully saturated rings. The van der Waals surface area contributed by atoms with Crippen LogP contribution in [0, 0.1) is 0 Å². The van der Waals surface area contributed by atoms with Crippen LogP contribution < -0.4 is 11.2 Å². The molecule has 0 spiro atoms. The molecule has 0 bridgehead atoms. The van der Waals surface area contributed by atoms with E-state index in [2.05, 4.69) is 10.2 Å². The highest BCUT2D eigenvalue weighted by atomic mass is 35.5. The number of hydrogen-bond acceptors (Lipinski definition) is 3. The van der Waals surface area contributed by atoms with Crippen molar-refractivity contribution in [2.24, 2.45) is 0 Å². The fourth-order valence-electron chi connectivity index (χ4n) is 2.69. The first-order valence-electron chi connectivity index (χ1n) is 6.98. The lowest BCUT2D eigenvalue weighted by molar-refractivity contribution is 0.766. The number of aromatic amines is 1. The Morgan fingerprint density at radius 1 is 1.04 bits per heavy atom. The molecule has 7 heteroatoms. The van der Waals surface area contributed by atoms with E-state index in [1.807, 2.05) is 12.1 Å². The molecule has 0 unspecified atom stereocenters. The minimum atomic E-state index is -0.374. The van der Waals surface area contributed by atoms with Crippen molar-refractivity contribution in [3.8, 4) is 0 Å². The molecule has 114 valence electrons. The number of aromatic nitrogens is 4. The van der Waals surface area contributed by atoms with Crippen LogP contribution in [0.15, 0.2) is 58.1 Å². The highest BCUT2D eigenvalue weighted by Crippen LogP contribution is 2.13. The van der Waals surface area contributed by atoms with Gasteiger partial charge in [0.25, 0.3) is 5.56 Å². The summed E-state index contributed by atoms with van der Waals surface area (Å²) in [7, 11) is 0. The predicted molar refractivity (Wildman–Crippen MR) is 88.1 cm³/mol. The van der Waals surface area contributed by atoms with Crippen LogP contribution in [-0.4, -0.2) is 19.2 Å².